The molecule has 0 radical (unpaired) electrons. The maximum Gasteiger partial charge on any atom is 0.441 e. The molecular weight excluding hydrogens is 311 g/mol. The monoisotopic (exact) mass is 327 g/mol. The van der Waals surface area contributed by atoms with E-state index >= 15 is 0 Å². The van der Waals surface area contributed by atoms with Gasteiger partial charge in [0.25, 0.3) is 0 Å². The molecule has 1 aromatic rings. The molecule has 1 atom stereocenters. The van der Waals surface area contributed by atoms with Crippen molar-refractivity contribution in [2.24, 2.45) is 5.73 Å². The Kier molecular flexibility index (Phi) is 6.99. The van der Waals surface area contributed by atoms with E-state index in [1.807, 2.05) is 6.92 Å². The summed E-state index contributed by atoms with van der Waals surface area (Å²) in [6, 6.07) is 5.07. The topological polar surface area (TPSA) is 35.2 Å². The van der Waals surface area contributed by atoms with E-state index in [2.05, 4.69) is 0 Å². The van der Waals surface area contributed by atoms with Gasteiger partial charge in [0.05, 0.1) is 6.61 Å². The zero-order chi connectivity index (χ0) is 15.2. The van der Waals surface area contributed by atoms with Crippen LogP contribution in [-0.2, 0) is 6.42 Å². The van der Waals surface area contributed by atoms with Crippen LogP contribution in [0.4, 0.5) is 13.2 Å². The highest BCUT2D eigenvalue weighted by atomic mass is 35.5. The van der Waals surface area contributed by atoms with Gasteiger partial charge in [-0.1, -0.05) is 24.6 Å². The molecule has 0 heterocycles. The fourth-order valence-electron chi connectivity index (χ4n) is 1.59. The van der Waals surface area contributed by atoms with Gasteiger partial charge in [-0.25, -0.2) is 0 Å². The van der Waals surface area contributed by atoms with Crippen LogP contribution in [0.5, 0.6) is 5.75 Å². The maximum atomic E-state index is 12.0. The van der Waals surface area contributed by atoms with Crippen LogP contribution >= 0.6 is 23.4 Å². The fraction of sp³-hybridized carbons (Fsp3) is 0.538. The molecule has 0 fully saturated rings. The van der Waals surface area contributed by atoms with Crippen molar-refractivity contribution < 1.29 is 17.9 Å². The molecule has 1 aromatic carbocycles. The van der Waals surface area contributed by atoms with E-state index in [0.29, 0.717) is 17.2 Å². The fourth-order valence-corrected chi connectivity index (χ4v) is 2.23. The first-order valence-corrected chi connectivity index (χ1v) is 7.56. The molecule has 0 saturated heterocycles. The zero-order valence-electron chi connectivity index (χ0n) is 11.0. The number of rotatable bonds is 7. The van der Waals surface area contributed by atoms with Gasteiger partial charge in [-0.05, 0) is 36.7 Å². The van der Waals surface area contributed by atoms with Gasteiger partial charge in [0, 0.05) is 22.4 Å². The molecule has 0 aromatic heterocycles. The van der Waals surface area contributed by atoms with Crippen molar-refractivity contribution in [2.45, 2.75) is 31.3 Å². The quantitative estimate of drug-likeness (QED) is 0.760. The second-order valence-corrected chi connectivity index (χ2v) is 5.80. The molecule has 0 aliphatic carbocycles. The van der Waals surface area contributed by atoms with Crippen molar-refractivity contribution >= 4 is 23.4 Å². The molecule has 0 spiro atoms. The molecule has 0 bridgehead atoms. The number of hydrogen-bond acceptors (Lipinski definition) is 3. The van der Waals surface area contributed by atoms with Gasteiger partial charge in [-0.2, -0.15) is 13.2 Å². The van der Waals surface area contributed by atoms with Gasteiger partial charge in [-0.3, -0.25) is 0 Å². The van der Waals surface area contributed by atoms with Crippen LogP contribution in [0.3, 0.4) is 0 Å². The van der Waals surface area contributed by atoms with Crippen LogP contribution in [0.2, 0.25) is 5.02 Å². The summed E-state index contributed by atoms with van der Waals surface area (Å²) >= 11 is 5.99. The molecular formula is C13H17ClF3NOS. The third-order valence-corrected chi connectivity index (χ3v) is 3.73. The summed E-state index contributed by atoms with van der Waals surface area (Å²) in [6.45, 7) is 1.93. The zero-order valence-corrected chi connectivity index (χ0v) is 12.6. The van der Waals surface area contributed by atoms with Crippen LogP contribution in [0.25, 0.3) is 0 Å². The molecule has 20 heavy (non-hydrogen) atoms. The van der Waals surface area contributed by atoms with Gasteiger partial charge >= 0.3 is 5.51 Å². The van der Waals surface area contributed by atoms with Gasteiger partial charge in [0.15, 0.2) is 0 Å². The Labute approximate surface area is 125 Å². The van der Waals surface area contributed by atoms with E-state index in [0.717, 1.165) is 12.0 Å². The smallest absolute Gasteiger partial charge is 0.441 e. The highest BCUT2D eigenvalue weighted by Gasteiger charge is 2.27. The minimum Gasteiger partial charge on any atom is -0.492 e. The summed E-state index contributed by atoms with van der Waals surface area (Å²) < 4.78 is 41.4. The predicted octanol–water partition coefficient (Wildman–Crippen LogP) is 4.25. The van der Waals surface area contributed by atoms with E-state index < -0.39 is 5.51 Å². The lowest BCUT2D eigenvalue weighted by atomic mass is 10.0. The van der Waals surface area contributed by atoms with Crippen molar-refractivity contribution in [3.63, 3.8) is 0 Å². The number of thioether (sulfide) groups is 1. The third kappa shape index (κ3) is 6.24. The second kappa shape index (κ2) is 8.00. The van der Waals surface area contributed by atoms with E-state index in [9.17, 15) is 13.2 Å². The summed E-state index contributed by atoms with van der Waals surface area (Å²) in [6.07, 6.45) is 1.33. The Morgan fingerprint density at radius 2 is 2.10 bits per heavy atom. The largest absolute Gasteiger partial charge is 0.492 e. The van der Waals surface area contributed by atoms with Crippen LogP contribution in [0.15, 0.2) is 18.2 Å². The van der Waals surface area contributed by atoms with Gasteiger partial charge in [0.1, 0.15) is 5.75 Å². The van der Waals surface area contributed by atoms with Crippen molar-refractivity contribution in [3.8, 4) is 5.75 Å². The first-order valence-electron chi connectivity index (χ1n) is 6.20. The molecule has 0 aliphatic heterocycles. The van der Waals surface area contributed by atoms with Crippen molar-refractivity contribution in [1.82, 2.24) is 0 Å². The van der Waals surface area contributed by atoms with E-state index in [1.54, 1.807) is 18.2 Å². The molecule has 1 unspecified atom stereocenters. The molecule has 114 valence electrons. The molecule has 1 rings (SSSR count). The van der Waals surface area contributed by atoms with Crippen LogP contribution in [-0.4, -0.2) is 23.9 Å². The second-order valence-electron chi connectivity index (χ2n) is 4.23. The Morgan fingerprint density at radius 3 is 2.70 bits per heavy atom. The number of nitrogens with two attached hydrogens (primary N) is 1. The summed E-state index contributed by atoms with van der Waals surface area (Å²) in [7, 11) is 0. The lowest BCUT2D eigenvalue weighted by molar-refractivity contribution is -0.0329. The van der Waals surface area contributed by atoms with Crippen molar-refractivity contribution in [1.29, 1.82) is 0 Å². The van der Waals surface area contributed by atoms with E-state index in [-0.39, 0.29) is 30.2 Å². The normalized spacial score (nSPS) is 13.3. The Hall–Kier alpha value is -0.590. The first-order chi connectivity index (χ1) is 9.33. The number of ether oxygens (including phenoxy) is 1. The standard InChI is InChI=1S/C13H17ClF3NOS/c1-2-9(18)8-10-11(14)4-3-5-12(10)19-6-7-20-13(15,16)17/h3-5,9H,2,6-8,18H2,1H3. The van der Waals surface area contributed by atoms with Crippen LogP contribution in [0, 0.1) is 0 Å². The minimum absolute atomic E-state index is 0.0289. The summed E-state index contributed by atoms with van der Waals surface area (Å²) in [5, 5.41) is 0.523. The van der Waals surface area contributed by atoms with Crippen molar-refractivity contribution in [3.05, 3.63) is 28.8 Å². The average molecular weight is 328 g/mol. The highest BCUT2D eigenvalue weighted by Crippen LogP contribution is 2.31. The van der Waals surface area contributed by atoms with Gasteiger partial charge < -0.3 is 10.5 Å². The molecule has 0 amide bonds. The number of alkyl halides is 3. The molecule has 0 saturated carbocycles. The average Bonchev–Trinajstić information content (AvgIpc) is 2.36. The predicted molar refractivity (Wildman–Crippen MR) is 77.4 cm³/mol. The molecule has 7 heteroatoms. The van der Waals surface area contributed by atoms with Gasteiger partial charge in [-0.15, -0.1) is 0 Å². The SMILES string of the molecule is CCC(N)Cc1c(Cl)cccc1OCCSC(F)(F)F. The van der Waals surface area contributed by atoms with Crippen molar-refractivity contribution in [2.75, 3.05) is 12.4 Å². The van der Waals surface area contributed by atoms with Crippen LogP contribution in [0.1, 0.15) is 18.9 Å². The first kappa shape index (κ1) is 17.5. The Morgan fingerprint density at radius 1 is 1.40 bits per heavy atom. The summed E-state index contributed by atoms with van der Waals surface area (Å²) in [5.41, 5.74) is 2.41. The highest BCUT2D eigenvalue weighted by molar-refractivity contribution is 8.00. The Bertz CT molecular complexity index is 429. The maximum absolute atomic E-state index is 12.0. The van der Waals surface area contributed by atoms with E-state index in [1.165, 1.54) is 0 Å². The Balaban J connectivity index is 2.62. The van der Waals surface area contributed by atoms with E-state index in [4.69, 9.17) is 22.1 Å². The minimum atomic E-state index is -4.23. The molecule has 2 nitrogen and oxygen atoms in total. The summed E-state index contributed by atoms with van der Waals surface area (Å²) in [5.74, 6) is 0.346. The lowest BCUT2D eigenvalue weighted by Gasteiger charge is -2.16. The van der Waals surface area contributed by atoms with Gasteiger partial charge in [0.2, 0.25) is 0 Å². The number of hydrogen-bond donors (Lipinski definition) is 1. The lowest BCUT2D eigenvalue weighted by Crippen LogP contribution is -2.22. The molecule has 0 aliphatic rings. The van der Waals surface area contributed by atoms with Crippen LogP contribution < -0.4 is 10.5 Å². The molecule has 2 N–H and O–H groups in total. The summed E-state index contributed by atoms with van der Waals surface area (Å²) in [4.78, 5) is 0. The number of benzene rings is 1. The number of halogens is 4. The third-order valence-electron chi connectivity index (χ3n) is 2.67.